The highest BCUT2D eigenvalue weighted by Crippen LogP contribution is 2.41. The number of hydrogen-bond donors (Lipinski definition) is 0. The molecule has 5 rings (SSSR count). The maximum absolute atomic E-state index is 12.9. The Balaban J connectivity index is 1.28. The fourth-order valence-electron chi connectivity index (χ4n) is 4.02. The average Bonchev–Trinajstić information content (AvgIpc) is 3.45. The lowest BCUT2D eigenvalue weighted by molar-refractivity contribution is -0.152. The van der Waals surface area contributed by atoms with Crippen molar-refractivity contribution in [2.24, 2.45) is 5.92 Å². The first-order valence-electron chi connectivity index (χ1n) is 10.2. The van der Waals surface area contributed by atoms with Gasteiger partial charge in [-0.3, -0.25) is 4.79 Å². The van der Waals surface area contributed by atoms with Gasteiger partial charge in [-0.1, -0.05) is 60.5 Å². The van der Waals surface area contributed by atoms with E-state index in [0.29, 0.717) is 11.7 Å². The minimum absolute atomic E-state index is 0.0122. The molecule has 7 heteroatoms. The van der Waals surface area contributed by atoms with Gasteiger partial charge in [-0.15, -0.1) is 11.3 Å². The number of nitrogens with zero attached hydrogens (tertiary/aromatic N) is 3. The maximum Gasteiger partial charge on any atom is 0.310 e. The number of ether oxygens (including phenoxy) is 1. The molecule has 30 heavy (non-hydrogen) atoms. The standard InChI is InChI=1S/C23H21N3O3S/c27-23(28-14-20-25-21(26-29-20)15-8-2-1-3-9-15)17-11-5-4-10-16(17)22-24-18-12-6-7-13-19(18)30-22/h1-3,6-9,12-13,16-17H,4-5,10-11,14H2/t16-,17-/m0/s1. The van der Waals surface area contributed by atoms with Gasteiger partial charge in [-0.05, 0) is 25.0 Å². The molecule has 0 unspecified atom stereocenters. The lowest BCUT2D eigenvalue weighted by atomic mass is 9.79. The molecule has 152 valence electrons. The minimum atomic E-state index is -0.210. The number of carbonyl (C=O) groups excluding carboxylic acids is 1. The summed E-state index contributed by atoms with van der Waals surface area (Å²) in [4.78, 5) is 22.0. The highest BCUT2D eigenvalue weighted by Gasteiger charge is 2.35. The summed E-state index contributed by atoms with van der Waals surface area (Å²) in [6, 6.07) is 17.7. The number of aromatic nitrogens is 3. The van der Waals surface area contributed by atoms with Gasteiger partial charge >= 0.3 is 5.97 Å². The highest BCUT2D eigenvalue weighted by molar-refractivity contribution is 7.18. The van der Waals surface area contributed by atoms with Gasteiger partial charge in [-0.2, -0.15) is 4.98 Å². The number of benzene rings is 2. The number of esters is 1. The van der Waals surface area contributed by atoms with Crippen molar-refractivity contribution in [3.63, 3.8) is 0 Å². The van der Waals surface area contributed by atoms with E-state index in [1.54, 1.807) is 11.3 Å². The van der Waals surface area contributed by atoms with E-state index in [9.17, 15) is 4.79 Å². The summed E-state index contributed by atoms with van der Waals surface area (Å²) in [5.74, 6) is 0.502. The fourth-order valence-corrected chi connectivity index (χ4v) is 5.18. The molecule has 0 bridgehead atoms. The normalized spacial score (nSPS) is 19.1. The van der Waals surface area contributed by atoms with Crippen LogP contribution in [-0.2, 0) is 16.1 Å². The second kappa shape index (κ2) is 8.36. The molecule has 0 N–H and O–H groups in total. The summed E-state index contributed by atoms with van der Waals surface area (Å²) in [5.41, 5.74) is 1.86. The fraction of sp³-hybridized carbons (Fsp3) is 0.304. The SMILES string of the molecule is O=C(OCc1nc(-c2ccccc2)no1)[C@H]1CCCC[C@@H]1c1nc2ccccc2s1. The second-order valence-corrected chi connectivity index (χ2v) is 8.56. The molecule has 2 aromatic carbocycles. The Morgan fingerprint density at radius 3 is 2.70 bits per heavy atom. The first kappa shape index (κ1) is 18.9. The summed E-state index contributed by atoms with van der Waals surface area (Å²) in [6.45, 7) is -0.0122. The van der Waals surface area contributed by atoms with Gasteiger partial charge in [0.05, 0.1) is 21.1 Å². The lowest BCUT2D eigenvalue weighted by Gasteiger charge is -2.28. The summed E-state index contributed by atoms with van der Waals surface area (Å²) >= 11 is 1.68. The Kier molecular flexibility index (Phi) is 5.27. The van der Waals surface area contributed by atoms with E-state index in [0.717, 1.165) is 46.5 Å². The predicted molar refractivity (Wildman–Crippen MR) is 114 cm³/mol. The number of carbonyl (C=O) groups is 1. The molecule has 0 saturated heterocycles. The zero-order chi connectivity index (χ0) is 20.3. The van der Waals surface area contributed by atoms with Crippen LogP contribution in [0.4, 0.5) is 0 Å². The Morgan fingerprint density at radius 1 is 1.03 bits per heavy atom. The molecular weight excluding hydrogens is 398 g/mol. The smallest absolute Gasteiger partial charge is 0.310 e. The molecule has 1 aliphatic carbocycles. The van der Waals surface area contributed by atoms with E-state index in [-0.39, 0.29) is 24.4 Å². The molecule has 2 atom stereocenters. The Labute approximate surface area is 177 Å². The zero-order valence-corrected chi connectivity index (χ0v) is 17.2. The quantitative estimate of drug-likeness (QED) is 0.405. The molecule has 0 spiro atoms. The van der Waals surface area contributed by atoms with Crippen LogP contribution in [0.2, 0.25) is 0 Å². The van der Waals surface area contributed by atoms with Crippen LogP contribution in [0.25, 0.3) is 21.6 Å². The predicted octanol–water partition coefficient (Wildman–Crippen LogP) is 5.36. The molecule has 1 aliphatic rings. The number of rotatable bonds is 5. The highest BCUT2D eigenvalue weighted by atomic mass is 32.1. The van der Waals surface area contributed by atoms with E-state index in [1.807, 2.05) is 48.5 Å². The summed E-state index contributed by atoms with van der Waals surface area (Å²) < 4.78 is 12.0. The van der Waals surface area contributed by atoms with E-state index in [1.165, 1.54) is 0 Å². The van der Waals surface area contributed by atoms with Crippen LogP contribution < -0.4 is 0 Å². The van der Waals surface area contributed by atoms with Crippen LogP contribution in [0.5, 0.6) is 0 Å². The topological polar surface area (TPSA) is 78.1 Å². The van der Waals surface area contributed by atoms with Gasteiger partial charge in [0, 0.05) is 11.5 Å². The molecule has 4 aromatic rings. The molecule has 2 aromatic heterocycles. The van der Waals surface area contributed by atoms with E-state index in [4.69, 9.17) is 14.2 Å². The van der Waals surface area contributed by atoms with Gasteiger partial charge in [-0.25, -0.2) is 4.98 Å². The van der Waals surface area contributed by atoms with Crippen LogP contribution in [0, 0.1) is 5.92 Å². The van der Waals surface area contributed by atoms with Crippen molar-refractivity contribution < 1.29 is 14.1 Å². The van der Waals surface area contributed by atoms with Gasteiger partial charge < -0.3 is 9.26 Å². The monoisotopic (exact) mass is 419 g/mol. The van der Waals surface area contributed by atoms with Gasteiger partial charge in [0.2, 0.25) is 5.82 Å². The zero-order valence-electron chi connectivity index (χ0n) is 16.4. The van der Waals surface area contributed by atoms with Gasteiger partial charge in [0.25, 0.3) is 5.89 Å². The number of fused-ring (bicyclic) bond motifs is 1. The number of para-hydroxylation sites is 1. The van der Waals surface area contributed by atoms with Crippen LogP contribution in [0.1, 0.15) is 42.5 Å². The van der Waals surface area contributed by atoms with Crippen molar-refractivity contribution in [1.82, 2.24) is 15.1 Å². The third-order valence-corrected chi connectivity index (χ3v) is 6.70. The number of hydrogen-bond acceptors (Lipinski definition) is 7. The Morgan fingerprint density at radius 2 is 1.83 bits per heavy atom. The van der Waals surface area contributed by atoms with Crippen molar-refractivity contribution in [3.8, 4) is 11.4 Å². The molecule has 1 fully saturated rings. The molecular formula is C23H21N3O3S. The second-order valence-electron chi connectivity index (χ2n) is 7.50. The molecule has 0 amide bonds. The summed E-state index contributed by atoms with van der Waals surface area (Å²) in [7, 11) is 0. The van der Waals surface area contributed by atoms with Crippen molar-refractivity contribution in [2.75, 3.05) is 0 Å². The van der Waals surface area contributed by atoms with Crippen molar-refractivity contribution in [3.05, 3.63) is 65.5 Å². The maximum atomic E-state index is 12.9. The Bertz CT molecular complexity index is 1120. The minimum Gasteiger partial charge on any atom is -0.455 e. The van der Waals surface area contributed by atoms with E-state index < -0.39 is 0 Å². The van der Waals surface area contributed by atoms with E-state index >= 15 is 0 Å². The third-order valence-electron chi connectivity index (χ3n) is 5.53. The first-order valence-corrected chi connectivity index (χ1v) is 11.0. The van der Waals surface area contributed by atoms with Crippen molar-refractivity contribution in [2.45, 2.75) is 38.2 Å². The van der Waals surface area contributed by atoms with Crippen LogP contribution in [0.15, 0.2) is 59.1 Å². The summed E-state index contributed by atoms with van der Waals surface area (Å²) in [5, 5.41) is 5.01. The van der Waals surface area contributed by atoms with E-state index in [2.05, 4.69) is 16.2 Å². The van der Waals surface area contributed by atoms with Crippen molar-refractivity contribution >= 4 is 27.5 Å². The summed E-state index contributed by atoms with van der Waals surface area (Å²) in [6.07, 6.45) is 3.91. The molecule has 0 radical (unpaired) electrons. The van der Waals surface area contributed by atoms with Gasteiger partial charge in [0.1, 0.15) is 0 Å². The molecule has 0 aliphatic heterocycles. The van der Waals surface area contributed by atoms with Crippen LogP contribution in [-0.4, -0.2) is 21.1 Å². The molecule has 6 nitrogen and oxygen atoms in total. The van der Waals surface area contributed by atoms with Gasteiger partial charge in [0.15, 0.2) is 6.61 Å². The first-order chi connectivity index (χ1) is 14.8. The lowest BCUT2D eigenvalue weighted by Crippen LogP contribution is -2.27. The Hall–Kier alpha value is -3.06. The number of thiazole rings is 1. The molecule has 2 heterocycles. The largest absolute Gasteiger partial charge is 0.455 e. The average molecular weight is 420 g/mol. The van der Waals surface area contributed by atoms with Crippen LogP contribution in [0.3, 0.4) is 0 Å². The van der Waals surface area contributed by atoms with Crippen LogP contribution >= 0.6 is 11.3 Å². The third kappa shape index (κ3) is 3.85. The molecule has 1 saturated carbocycles. The van der Waals surface area contributed by atoms with Crippen molar-refractivity contribution in [1.29, 1.82) is 0 Å².